The Morgan fingerprint density at radius 1 is 0.703 bits per heavy atom. The highest BCUT2D eigenvalue weighted by atomic mass is 32.2. The van der Waals surface area contributed by atoms with Gasteiger partial charge in [-0.25, -0.2) is 15.0 Å². The normalized spacial score (nSPS) is 16.9. The van der Waals surface area contributed by atoms with Gasteiger partial charge in [-0.1, -0.05) is 72.4 Å². The van der Waals surface area contributed by atoms with Crippen molar-refractivity contribution in [3.05, 3.63) is 78.1 Å². The Hall–Kier alpha value is -3.27. The van der Waals surface area contributed by atoms with Gasteiger partial charge in [0.05, 0.1) is 13.2 Å². The molecule has 4 heterocycles. The molecule has 2 aliphatic heterocycles. The predicted molar refractivity (Wildman–Crippen MR) is 148 cm³/mol. The van der Waals surface area contributed by atoms with Crippen molar-refractivity contribution >= 4 is 34.6 Å². The first kappa shape index (κ1) is 24.1. The predicted octanol–water partition coefficient (Wildman–Crippen LogP) is 3.87. The lowest BCUT2D eigenvalue weighted by atomic mass is 10.2. The van der Waals surface area contributed by atoms with Crippen LogP contribution in [0.3, 0.4) is 0 Å². The summed E-state index contributed by atoms with van der Waals surface area (Å²) in [4.78, 5) is 26.5. The smallest absolute Gasteiger partial charge is 0.228 e. The molecule has 0 bridgehead atoms. The van der Waals surface area contributed by atoms with Crippen LogP contribution >= 0.6 is 11.8 Å². The van der Waals surface area contributed by atoms with Crippen molar-refractivity contribution < 1.29 is 4.74 Å². The number of ether oxygens (including phenoxy) is 1. The van der Waals surface area contributed by atoms with Crippen molar-refractivity contribution in [2.45, 2.75) is 17.3 Å². The number of hydrogen-bond acceptors (Lipinski definition) is 9. The first-order valence-corrected chi connectivity index (χ1v) is 13.9. The maximum atomic E-state index is 5.61. The number of hydrogen-bond donors (Lipinski definition) is 0. The third-order valence-corrected chi connectivity index (χ3v) is 7.90. The summed E-state index contributed by atoms with van der Waals surface area (Å²) in [5.74, 6) is 2.49. The van der Waals surface area contributed by atoms with E-state index in [1.165, 1.54) is 11.1 Å². The molecule has 2 fully saturated rings. The summed E-state index contributed by atoms with van der Waals surface area (Å²) in [6.07, 6.45) is 1.64. The topological polar surface area (TPSA) is 70.5 Å². The highest BCUT2D eigenvalue weighted by molar-refractivity contribution is 7.98. The number of benzene rings is 2. The lowest BCUT2D eigenvalue weighted by Gasteiger charge is -2.35. The number of morpholine rings is 1. The van der Waals surface area contributed by atoms with Gasteiger partial charge in [-0.2, -0.15) is 4.98 Å². The average molecular weight is 514 g/mol. The van der Waals surface area contributed by atoms with Crippen LogP contribution in [0.2, 0.25) is 0 Å². The minimum Gasteiger partial charge on any atom is -0.378 e. The second kappa shape index (κ2) is 11.4. The van der Waals surface area contributed by atoms with Crippen molar-refractivity contribution in [2.24, 2.45) is 0 Å². The van der Waals surface area contributed by atoms with Gasteiger partial charge in [-0.05, 0) is 11.1 Å². The van der Waals surface area contributed by atoms with Crippen LogP contribution in [0.1, 0.15) is 11.1 Å². The van der Waals surface area contributed by atoms with Gasteiger partial charge in [0, 0.05) is 51.6 Å². The molecule has 0 unspecified atom stereocenters. The van der Waals surface area contributed by atoms with Crippen molar-refractivity contribution in [2.75, 3.05) is 62.3 Å². The van der Waals surface area contributed by atoms with Crippen LogP contribution in [-0.2, 0) is 17.0 Å². The monoisotopic (exact) mass is 513 g/mol. The minimum absolute atomic E-state index is 0.694. The molecule has 2 aromatic carbocycles. The molecular weight excluding hydrogens is 482 g/mol. The highest BCUT2D eigenvalue weighted by Gasteiger charge is 2.25. The molecule has 6 rings (SSSR count). The van der Waals surface area contributed by atoms with Crippen molar-refractivity contribution in [3.63, 3.8) is 0 Å². The van der Waals surface area contributed by atoms with Crippen LogP contribution in [0.25, 0.3) is 11.0 Å². The lowest BCUT2D eigenvalue weighted by Crippen LogP contribution is -2.46. The Bertz CT molecular complexity index is 1310. The van der Waals surface area contributed by atoms with E-state index in [2.05, 4.69) is 79.3 Å². The summed E-state index contributed by atoms with van der Waals surface area (Å²) in [7, 11) is 0. The van der Waals surface area contributed by atoms with Gasteiger partial charge in [0.2, 0.25) is 5.95 Å². The van der Waals surface area contributed by atoms with E-state index in [1.807, 2.05) is 6.07 Å². The number of piperazine rings is 1. The van der Waals surface area contributed by atoms with Gasteiger partial charge in [0.1, 0.15) is 22.4 Å². The SMILES string of the molecule is c1ccc(CSc2ncnc3c(N4CCOCC4)nc(N4CCN(Cc5ccccc5)CC4)nc23)cc1. The third kappa shape index (κ3) is 5.69. The molecule has 0 amide bonds. The second-order valence-electron chi connectivity index (χ2n) is 9.35. The first-order valence-electron chi connectivity index (χ1n) is 12.9. The number of rotatable bonds is 7. The van der Waals surface area contributed by atoms with Gasteiger partial charge in [-0.3, -0.25) is 4.90 Å². The van der Waals surface area contributed by atoms with Crippen LogP contribution in [0.4, 0.5) is 11.8 Å². The molecule has 37 heavy (non-hydrogen) atoms. The standard InChI is InChI=1S/C28H31N7OS/c1-3-7-22(8-4-1)19-33-11-13-35(14-12-33)28-31-25-24(26(32-28)34-15-17-36-18-16-34)29-21-30-27(25)37-20-23-9-5-2-6-10-23/h1-10,21H,11-20H2. The molecule has 0 N–H and O–H groups in total. The fraction of sp³-hybridized carbons (Fsp3) is 0.357. The molecule has 0 radical (unpaired) electrons. The number of anilines is 2. The van der Waals surface area contributed by atoms with Gasteiger partial charge in [0.15, 0.2) is 5.82 Å². The molecular formula is C28H31N7OS. The van der Waals surface area contributed by atoms with E-state index in [4.69, 9.17) is 14.7 Å². The molecule has 2 saturated heterocycles. The summed E-state index contributed by atoms with van der Waals surface area (Å²) in [5.41, 5.74) is 4.27. The highest BCUT2D eigenvalue weighted by Crippen LogP contribution is 2.32. The number of thioether (sulfide) groups is 1. The molecule has 190 valence electrons. The summed E-state index contributed by atoms with van der Waals surface area (Å²) < 4.78 is 5.61. The Morgan fingerprint density at radius 3 is 2.14 bits per heavy atom. The van der Waals surface area contributed by atoms with Crippen molar-refractivity contribution in [3.8, 4) is 0 Å². The van der Waals surface area contributed by atoms with E-state index in [0.717, 1.165) is 79.4 Å². The van der Waals surface area contributed by atoms with Gasteiger partial charge in [0.25, 0.3) is 0 Å². The molecule has 9 heteroatoms. The lowest BCUT2D eigenvalue weighted by molar-refractivity contribution is 0.122. The number of nitrogens with zero attached hydrogens (tertiary/aromatic N) is 7. The zero-order valence-electron chi connectivity index (χ0n) is 20.9. The summed E-state index contributed by atoms with van der Waals surface area (Å²) >= 11 is 1.70. The maximum absolute atomic E-state index is 5.61. The molecule has 0 saturated carbocycles. The van der Waals surface area contributed by atoms with Crippen molar-refractivity contribution in [1.82, 2.24) is 24.8 Å². The third-order valence-electron chi connectivity index (χ3n) is 6.85. The molecule has 2 aliphatic rings. The van der Waals surface area contributed by atoms with E-state index >= 15 is 0 Å². The Kier molecular flexibility index (Phi) is 7.43. The first-order chi connectivity index (χ1) is 18.3. The molecule has 0 spiro atoms. The summed E-state index contributed by atoms with van der Waals surface area (Å²) in [6.45, 7) is 7.69. The Labute approximate surface area is 221 Å². The van der Waals surface area contributed by atoms with E-state index in [1.54, 1.807) is 18.1 Å². The number of aromatic nitrogens is 4. The molecule has 8 nitrogen and oxygen atoms in total. The fourth-order valence-electron chi connectivity index (χ4n) is 4.82. The largest absolute Gasteiger partial charge is 0.378 e. The van der Waals surface area contributed by atoms with Gasteiger partial charge < -0.3 is 14.5 Å². The molecule has 0 aliphatic carbocycles. The van der Waals surface area contributed by atoms with Crippen LogP contribution in [-0.4, -0.2) is 77.3 Å². The quantitative estimate of drug-likeness (QED) is 0.271. The van der Waals surface area contributed by atoms with Crippen LogP contribution in [0.15, 0.2) is 72.0 Å². The van der Waals surface area contributed by atoms with E-state index in [0.29, 0.717) is 13.2 Å². The zero-order chi connectivity index (χ0) is 24.9. The summed E-state index contributed by atoms with van der Waals surface area (Å²) in [5, 5.41) is 0.898. The van der Waals surface area contributed by atoms with E-state index in [-0.39, 0.29) is 0 Å². The Balaban J connectivity index is 1.28. The average Bonchev–Trinajstić information content (AvgIpc) is 2.97. The van der Waals surface area contributed by atoms with Crippen LogP contribution in [0.5, 0.6) is 0 Å². The number of fused-ring (bicyclic) bond motifs is 1. The minimum atomic E-state index is 0.694. The second-order valence-corrected chi connectivity index (χ2v) is 10.3. The van der Waals surface area contributed by atoms with E-state index in [9.17, 15) is 0 Å². The summed E-state index contributed by atoms with van der Waals surface area (Å²) in [6, 6.07) is 21.2. The maximum Gasteiger partial charge on any atom is 0.228 e. The molecule has 4 aromatic rings. The molecule has 0 atom stereocenters. The fourth-order valence-corrected chi connectivity index (χ4v) is 5.71. The van der Waals surface area contributed by atoms with Crippen LogP contribution in [0, 0.1) is 0 Å². The van der Waals surface area contributed by atoms with Crippen LogP contribution < -0.4 is 9.80 Å². The Morgan fingerprint density at radius 2 is 1.41 bits per heavy atom. The zero-order valence-corrected chi connectivity index (χ0v) is 21.7. The molecule has 2 aromatic heterocycles. The van der Waals surface area contributed by atoms with Gasteiger partial charge in [-0.15, -0.1) is 0 Å². The van der Waals surface area contributed by atoms with Crippen molar-refractivity contribution in [1.29, 1.82) is 0 Å². The van der Waals surface area contributed by atoms with Gasteiger partial charge >= 0.3 is 0 Å². The van der Waals surface area contributed by atoms with E-state index < -0.39 is 0 Å².